The van der Waals surface area contributed by atoms with E-state index in [4.69, 9.17) is 31.7 Å². The number of nitrogens with zero attached hydrogens (tertiary/aromatic N) is 3. The zero-order valence-corrected chi connectivity index (χ0v) is 26.7. The summed E-state index contributed by atoms with van der Waals surface area (Å²) in [7, 11) is 0. The van der Waals surface area contributed by atoms with Crippen LogP contribution in [-0.4, -0.2) is 15.0 Å². The van der Waals surface area contributed by atoms with E-state index in [1.54, 1.807) is 6.07 Å². The lowest BCUT2D eigenvalue weighted by Crippen LogP contribution is -2.00. The molecule has 0 unspecified atom stereocenters. The van der Waals surface area contributed by atoms with Crippen LogP contribution in [0.25, 0.3) is 98.5 Å². The molecular formula is C45H27N3OS. The number of thiophene rings is 1. The molecule has 0 spiro atoms. The Morgan fingerprint density at radius 2 is 1.06 bits per heavy atom. The summed E-state index contributed by atoms with van der Waals surface area (Å²) in [5.41, 5.74) is 3.40. The molecule has 5 heteroatoms. The zero-order valence-electron chi connectivity index (χ0n) is 36.9. The molecule has 0 radical (unpaired) electrons. The SMILES string of the molecule is [2H]c1c([2H])c(-c2nc(-c3ccc(-c4ccccc4)cc3)nc(-c3ccc4c(c3)oc3ccccc34)n2)c([2H])c(-c2c([2H])c([2H])c3c(sc4c([2H])c([2H])c([2H])c([2H])c43)c2[2H])c1[2H]. The Morgan fingerprint density at radius 3 is 1.94 bits per heavy atom. The molecule has 3 heterocycles. The quantitative estimate of drug-likeness (QED) is 0.183. The lowest BCUT2D eigenvalue weighted by molar-refractivity contribution is 0.669. The van der Waals surface area contributed by atoms with Crippen LogP contribution >= 0.6 is 11.3 Å². The zero-order chi connectivity index (χ0) is 42.6. The van der Waals surface area contributed by atoms with Crippen LogP contribution in [-0.2, 0) is 0 Å². The Balaban J connectivity index is 1.21. The van der Waals surface area contributed by atoms with Gasteiger partial charge >= 0.3 is 0 Å². The van der Waals surface area contributed by atoms with Crippen molar-refractivity contribution in [3.05, 3.63) is 164 Å². The first-order chi connectivity index (χ1) is 29.3. The van der Waals surface area contributed by atoms with Gasteiger partial charge in [-0.1, -0.05) is 127 Å². The van der Waals surface area contributed by atoms with Crippen molar-refractivity contribution in [3.63, 3.8) is 0 Å². The van der Waals surface area contributed by atoms with E-state index in [2.05, 4.69) is 0 Å². The standard InChI is InChI=1S/C45H27N3OS/c1-2-9-28(10-3-1)29-17-19-30(20-18-29)43-46-44(48-45(47-43)34-22-23-36-35-13-4-6-15-39(35)49-40(36)26-34)33-12-8-11-31(25-33)32-21-24-38-37-14-5-7-16-41(37)50-42(38)27-32/h1-27H/i5D,7D,8D,11D,12D,14D,16D,21D,24D,25D,27D. The molecule has 0 saturated heterocycles. The minimum absolute atomic E-state index is 0.00741. The van der Waals surface area contributed by atoms with Gasteiger partial charge in [-0.2, -0.15) is 0 Å². The van der Waals surface area contributed by atoms with Gasteiger partial charge < -0.3 is 4.42 Å². The maximum atomic E-state index is 9.57. The van der Waals surface area contributed by atoms with Crippen molar-refractivity contribution in [1.29, 1.82) is 0 Å². The first kappa shape index (κ1) is 19.5. The fraction of sp³-hybridized carbons (Fsp3) is 0. The van der Waals surface area contributed by atoms with E-state index in [1.807, 2.05) is 91.0 Å². The summed E-state index contributed by atoms with van der Waals surface area (Å²) < 4.78 is 104. The van der Waals surface area contributed by atoms with E-state index >= 15 is 0 Å². The Morgan fingerprint density at radius 1 is 0.420 bits per heavy atom. The summed E-state index contributed by atoms with van der Waals surface area (Å²) >= 11 is 0.855. The number of hydrogen-bond acceptors (Lipinski definition) is 5. The molecule has 0 fully saturated rings. The molecule has 0 aliphatic carbocycles. The van der Waals surface area contributed by atoms with Crippen molar-refractivity contribution in [2.24, 2.45) is 0 Å². The van der Waals surface area contributed by atoms with Crippen molar-refractivity contribution in [1.82, 2.24) is 15.0 Å². The second-order valence-electron chi connectivity index (χ2n) is 11.6. The summed E-state index contributed by atoms with van der Waals surface area (Å²) in [5.74, 6) is 0.185. The first-order valence-corrected chi connectivity index (χ1v) is 16.5. The molecule has 0 atom stereocenters. The van der Waals surface area contributed by atoms with E-state index in [0.29, 0.717) is 22.3 Å². The van der Waals surface area contributed by atoms with E-state index in [9.17, 15) is 2.74 Å². The molecule has 50 heavy (non-hydrogen) atoms. The van der Waals surface area contributed by atoms with Crippen LogP contribution in [0.4, 0.5) is 0 Å². The molecule has 4 nitrogen and oxygen atoms in total. The highest BCUT2D eigenvalue weighted by Crippen LogP contribution is 2.37. The second kappa shape index (κ2) is 11.6. The first-order valence-electron chi connectivity index (χ1n) is 21.2. The fourth-order valence-electron chi connectivity index (χ4n) is 6.06. The summed E-state index contributed by atoms with van der Waals surface area (Å²) in [6, 6.07) is 25.0. The predicted molar refractivity (Wildman–Crippen MR) is 207 cm³/mol. The Hall–Kier alpha value is -6.43. The average Bonchev–Trinajstić information content (AvgIpc) is 3.87. The fourth-order valence-corrected chi connectivity index (χ4v) is 7.03. The summed E-state index contributed by atoms with van der Waals surface area (Å²) in [5, 5.41) is 1.80. The molecule has 0 saturated carbocycles. The maximum Gasteiger partial charge on any atom is 0.164 e. The molecule has 3 aromatic heterocycles. The molecule has 0 aliphatic rings. The van der Waals surface area contributed by atoms with Crippen molar-refractivity contribution < 1.29 is 19.5 Å². The van der Waals surface area contributed by atoms with Gasteiger partial charge in [0.25, 0.3) is 0 Å². The Labute approximate surface area is 307 Å². The topological polar surface area (TPSA) is 51.8 Å². The monoisotopic (exact) mass is 668 g/mol. The van der Waals surface area contributed by atoms with Crippen molar-refractivity contribution in [3.8, 4) is 56.4 Å². The van der Waals surface area contributed by atoms with Crippen LogP contribution in [0.3, 0.4) is 0 Å². The maximum absolute atomic E-state index is 9.57. The minimum atomic E-state index is -0.623. The van der Waals surface area contributed by atoms with Gasteiger partial charge in [0.2, 0.25) is 0 Å². The predicted octanol–water partition coefficient (Wildman–Crippen LogP) is 12.5. The van der Waals surface area contributed by atoms with Crippen LogP contribution in [0.1, 0.15) is 15.1 Å². The second-order valence-corrected chi connectivity index (χ2v) is 12.6. The third-order valence-electron chi connectivity index (χ3n) is 8.51. The van der Waals surface area contributed by atoms with Crippen LogP contribution in [0.2, 0.25) is 0 Å². The molecule has 234 valence electrons. The Bertz CT molecular complexity index is 3500. The number of para-hydroxylation sites is 1. The normalized spacial score (nSPS) is 14.7. The molecule has 0 amide bonds. The van der Waals surface area contributed by atoms with Crippen molar-refractivity contribution in [2.45, 2.75) is 0 Å². The van der Waals surface area contributed by atoms with Gasteiger partial charge in [-0.25, -0.2) is 15.0 Å². The molecule has 0 bridgehead atoms. The molecule has 10 rings (SSSR count). The number of hydrogen-bond donors (Lipinski definition) is 0. The Kier molecular flexibility index (Phi) is 4.54. The smallest absolute Gasteiger partial charge is 0.164 e. The molecule has 7 aromatic carbocycles. The summed E-state index contributed by atoms with van der Waals surface area (Å²) in [6.07, 6.45) is 0. The molecule has 0 aliphatic heterocycles. The van der Waals surface area contributed by atoms with Crippen molar-refractivity contribution >= 4 is 53.4 Å². The number of furan rings is 1. The van der Waals surface area contributed by atoms with E-state index in [1.165, 1.54) is 0 Å². The highest BCUT2D eigenvalue weighted by Gasteiger charge is 2.16. The number of benzene rings is 7. The van der Waals surface area contributed by atoms with Gasteiger partial charge in [-0.3, -0.25) is 0 Å². The largest absolute Gasteiger partial charge is 0.456 e. The molecular weight excluding hydrogens is 631 g/mol. The molecule has 0 N–H and O–H groups in total. The minimum Gasteiger partial charge on any atom is -0.456 e. The van der Waals surface area contributed by atoms with Gasteiger partial charge in [-0.15, -0.1) is 11.3 Å². The van der Waals surface area contributed by atoms with E-state index in [0.717, 1.165) is 33.2 Å². The van der Waals surface area contributed by atoms with E-state index in [-0.39, 0.29) is 60.4 Å². The van der Waals surface area contributed by atoms with Gasteiger partial charge in [0.1, 0.15) is 11.2 Å². The van der Waals surface area contributed by atoms with Crippen LogP contribution in [0.15, 0.2) is 168 Å². The van der Waals surface area contributed by atoms with Crippen LogP contribution in [0, 0.1) is 0 Å². The summed E-state index contributed by atoms with van der Waals surface area (Å²) in [4.78, 5) is 14.4. The van der Waals surface area contributed by atoms with Crippen LogP contribution < -0.4 is 0 Å². The third-order valence-corrected chi connectivity index (χ3v) is 9.53. The number of aromatic nitrogens is 3. The highest BCUT2D eigenvalue weighted by molar-refractivity contribution is 7.25. The van der Waals surface area contributed by atoms with Gasteiger partial charge in [0, 0.05) is 47.6 Å². The highest BCUT2D eigenvalue weighted by atomic mass is 32.1. The summed E-state index contributed by atoms with van der Waals surface area (Å²) in [6.45, 7) is 0. The van der Waals surface area contributed by atoms with Crippen molar-refractivity contribution in [2.75, 3.05) is 0 Å². The van der Waals surface area contributed by atoms with E-state index < -0.39 is 60.4 Å². The lowest BCUT2D eigenvalue weighted by Gasteiger charge is -2.10. The van der Waals surface area contributed by atoms with Gasteiger partial charge in [0.05, 0.1) is 15.1 Å². The number of rotatable bonds is 5. The van der Waals surface area contributed by atoms with Gasteiger partial charge in [0.15, 0.2) is 17.5 Å². The van der Waals surface area contributed by atoms with Crippen LogP contribution in [0.5, 0.6) is 0 Å². The average molecular weight is 669 g/mol. The van der Waals surface area contributed by atoms with Gasteiger partial charge in [-0.05, 0) is 58.6 Å². The molecule has 10 aromatic rings. The third kappa shape index (κ3) is 4.95. The number of fused-ring (bicyclic) bond motifs is 6. The lowest BCUT2D eigenvalue weighted by atomic mass is 10.0.